The van der Waals surface area contributed by atoms with Gasteiger partial charge in [0.2, 0.25) is 0 Å². The topological polar surface area (TPSA) is 85.2 Å². The first kappa shape index (κ1) is 18.0. The summed E-state index contributed by atoms with van der Waals surface area (Å²) < 4.78 is 24.4. The summed E-state index contributed by atoms with van der Waals surface area (Å²) >= 11 is 1.03. The van der Waals surface area contributed by atoms with E-state index in [0.29, 0.717) is 11.0 Å². The van der Waals surface area contributed by atoms with Crippen LogP contribution in [-0.2, 0) is 9.84 Å². The van der Waals surface area contributed by atoms with E-state index in [2.05, 4.69) is 10.1 Å². The molecule has 1 amide bonds. The van der Waals surface area contributed by atoms with Gasteiger partial charge in [0.1, 0.15) is 5.08 Å². The molecular formula is C12H22N4O3S2. The lowest BCUT2D eigenvalue weighted by molar-refractivity contribution is 0.213. The van der Waals surface area contributed by atoms with Crippen LogP contribution in [0.3, 0.4) is 0 Å². The third-order valence-corrected chi connectivity index (χ3v) is 6.33. The van der Waals surface area contributed by atoms with Crippen molar-refractivity contribution in [3.05, 3.63) is 5.82 Å². The van der Waals surface area contributed by atoms with E-state index in [4.69, 9.17) is 0 Å². The number of amides is 1. The predicted molar refractivity (Wildman–Crippen MR) is 83.4 cm³/mol. The Morgan fingerprint density at radius 2 is 2.00 bits per heavy atom. The first-order chi connectivity index (χ1) is 9.71. The van der Waals surface area contributed by atoms with Crippen LogP contribution >= 0.6 is 11.8 Å². The molecular weight excluding hydrogens is 312 g/mol. The van der Waals surface area contributed by atoms with Crippen molar-refractivity contribution in [2.75, 3.05) is 24.9 Å². The van der Waals surface area contributed by atoms with E-state index >= 15 is 0 Å². The second kappa shape index (κ2) is 7.26. The molecule has 0 aliphatic rings. The van der Waals surface area contributed by atoms with Crippen molar-refractivity contribution in [2.45, 2.75) is 38.3 Å². The number of nitrogens with zero attached hydrogens (tertiary/aromatic N) is 4. The minimum Gasteiger partial charge on any atom is -0.329 e. The Bertz CT molecular complexity index is 596. The number of thioether (sulfide) groups is 1. The molecule has 0 saturated carbocycles. The Morgan fingerprint density at radius 1 is 1.38 bits per heavy atom. The van der Waals surface area contributed by atoms with Crippen molar-refractivity contribution >= 4 is 27.6 Å². The zero-order valence-electron chi connectivity index (χ0n) is 13.0. The molecule has 1 unspecified atom stereocenters. The van der Waals surface area contributed by atoms with Gasteiger partial charge in [-0.25, -0.2) is 18.2 Å². The summed E-state index contributed by atoms with van der Waals surface area (Å²) in [7, 11) is 0.0905. The number of carbonyl (C=O) groups excluding carboxylic acids is 1. The first-order valence-electron chi connectivity index (χ1n) is 6.73. The fraction of sp³-hybridized carbons (Fsp3) is 0.750. The lowest BCUT2D eigenvalue weighted by atomic mass is 10.1. The Kier molecular flexibility index (Phi) is 6.21. The highest BCUT2D eigenvalue weighted by Crippen LogP contribution is 2.22. The highest BCUT2D eigenvalue weighted by Gasteiger charge is 2.22. The Hall–Kier alpha value is -1.09. The standard InChI is InChI=1S/C12H22N4O3S2/c1-6-9(3)10-13-11(20-8-21(18,19)7-2)16(14-10)12(17)15(4)5/h9H,6-8H2,1-5H3. The Morgan fingerprint density at radius 3 is 2.48 bits per heavy atom. The quantitative estimate of drug-likeness (QED) is 0.738. The van der Waals surface area contributed by atoms with E-state index in [-0.39, 0.29) is 22.8 Å². The Balaban J connectivity index is 3.10. The van der Waals surface area contributed by atoms with Crippen LogP contribution in [0.25, 0.3) is 0 Å². The smallest absolute Gasteiger partial charge is 0.329 e. The molecule has 1 aromatic rings. The van der Waals surface area contributed by atoms with Gasteiger partial charge in [-0.15, -0.1) is 5.10 Å². The summed E-state index contributed by atoms with van der Waals surface area (Å²) in [5.74, 6) is 0.737. The van der Waals surface area contributed by atoms with Gasteiger partial charge in [-0.05, 0) is 6.42 Å². The second-order valence-corrected chi connectivity index (χ2v) is 8.61. The molecule has 0 bridgehead atoms. The largest absolute Gasteiger partial charge is 0.346 e. The summed E-state index contributed by atoms with van der Waals surface area (Å²) in [6.07, 6.45) is 0.845. The predicted octanol–water partition coefficient (Wildman–Crippen LogP) is 1.81. The number of hydrogen-bond donors (Lipinski definition) is 0. The fourth-order valence-corrected chi connectivity index (χ4v) is 3.54. The number of hydrogen-bond acceptors (Lipinski definition) is 6. The van der Waals surface area contributed by atoms with Gasteiger partial charge in [-0.3, -0.25) is 0 Å². The van der Waals surface area contributed by atoms with E-state index in [1.807, 2.05) is 13.8 Å². The minimum atomic E-state index is -3.14. The van der Waals surface area contributed by atoms with E-state index in [1.165, 1.54) is 9.58 Å². The maximum absolute atomic E-state index is 12.1. The van der Waals surface area contributed by atoms with Crippen molar-refractivity contribution in [1.82, 2.24) is 19.7 Å². The number of aromatic nitrogens is 3. The summed E-state index contributed by atoms with van der Waals surface area (Å²) in [4.78, 5) is 17.8. The summed E-state index contributed by atoms with van der Waals surface area (Å²) in [5.41, 5.74) is 0. The maximum atomic E-state index is 12.1. The molecule has 9 heteroatoms. The molecule has 1 atom stereocenters. The minimum absolute atomic E-state index is 0.0635. The molecule has 0 aliphatic heterocycles. The normalized spacial score (nSPS) is 13.2. The van der Waals surface area contributed by atoms with Crippen LogP contribution in [-0.4, -0.2) is 59.0 Å². The lowest BCUT2D eigenvalue weighted by Crippen LogP contribution is -2.29. The van der Waals surface area contributed by atoms with Gasteiger partial charge in [-0.2, -0.15) is 4.68 Å². The molecule has 7 nitrogen and oxygen atoms in total. The van der Waals surface area contributed by atoms with Crippen LogP contribution in [0.1, 0.15) is 38.9 Å². The zero-order valence-corrected chi connectivity index (χ0v) is 14.7. The third-order valence-electron chi connectivity index (χ3n) is 3.02. The van der Waals surface area contributed by atoms with Gasteiger partial charge in [0, 0.05) is 25.8 Å². The van der Waals surface area contributed by atoms with Crippen LogP contribution in [0.2, 0.25) is 0 Å². The Labute approximate surface area is 130 Å². The van der Waals surface area contributed by atoms with Crippen LogP contribution in [0.4, 0.5) is 4.79 Å². The van der Waals surface area contributed by atoms with Gasteiger partial charge < -0.3 is 4.90 Å². The molecule has 1 rings (SSSR count). The second-order valence-electron chi connectivity index (χ2n) is 4.95. The lowest BCUT2D eigenvalue weighted by Gasteiger charge is -2.10. The van der Waals surface area contributed by atoms with Crippen LogP contribution in [0, 0.1) is 0 Å². The van der Waals surface area contributed by atoms with Gasteiger partial charge in [-0.1, -0.05) is 32.5 Å². The molecule has 0 aromatic carbocycles. The molecule has 1 heterocycles. The average Bonchev–Trinajstić information content (AvgIpc) is 2.87. The van der Waals surface area contributed by atoms with Crippen LogP contribution < -0.4 is 0 Å². The molecule has 0 aliphatic carbocycles. The summed E-state index contributed by atoms with van der Waals surface area (Å²) in [6.45, 7) is 5.57. The first-order valence-corrected chi connectivity index (χ1v) is 9.54. The van der Waals surface area contributed by atoms with E-state index in [9.17, 15) is 13.2 Å². The molecule has 120 valence electrons. The van der Waals surface area contributed by atoms with E-state index in [1.54, 1.807) is 21.0 Å². The monoisotopic (exact) mass is 334 g/mol. The van der Waals surface area contributed by atoms with Crippen molar-refractivity contribution in [1.29, 1.82) is 0 Å². The fourth-order valence-electron chi connectivity index (χ4n) is 1.34. The van der Waals surface area contributed by atoms with Crippen molar-refractivity contribution in [3.8, 4) is 0 Å². The highest BCUT2D eigenvalue weighted by molar-refractivity contribution is 8.12. The molecule has 0 radical (unpaired) electrons. The van der Waals surface area contributed by atoms with Crippen LogP contribution in [0.15, 0.2) is 5.16 Å². The number of rotatable bonds is 6. The van der Waals surface area contributed by atoms with Crippen molar-refractivity contribution in [2.24, 2.45) is 0 Å². The van der Waals surface area contributed by atoms with Crippen molar-refractivity contribution < 1.29 is 13.2 Å². The van der Waals surface area contributed by atoms with Gasteiger partial charge >= 0.3 is 6.03 Å². The van der Waals surface area contributed by atoms with E-state index in [0.717, 1.165) is 18.2 Å². The summed E-state index contributed by atoms with van der Waals surface area (Å²) in [5, 5.41) is 4.44. The van der Waals surface area contributed by atoms with Gasteiger partial charge in [0.25, 0.3) is 0 Å². The van der Waals surface area contributed by atoms with Crippen LogP contribution in [0.5, 0.6) is 0 Å². The van der Waals surface area contributed by atoms with Gasteiger partial charge in [0.15, 0.2) is 20.8 Å². The molecule has 0 saturated heterocycles. The molecule has 0 N–H and O–H groups in total. The molecule has 1 aromatic heterocycles. The number of carbonyl (C=O) groups is 1. The third kappa shape index (κ3) is 4.70. The zero-order chi connectivity index (χ0) is 16.2. The summed E-state index contributed by atoms with van der Waals surface area (Å²) in [6, 6.07) is -0.339. The maximum Gasteiger partial charge on any atom is 0.346 e. The SMILES string of the molecule is CCC(C)c1nc(SCS(=O)(=O)CC)n(C(=O)N(C)C)n1. The molecule has 21 heavy (non-hydrogen) atoms. The molecule has 0 fully saturated rings. The average molecular weight is 334 g/mol. The number of sulfone groups is 1. The highest BCUT2D eigenvalue weighted by atomic mass is 32.3. The van der Waals surface area contributed by atoms with E-state index < -0.39 is 9.84 Å². The molecule has 0 spiro atoms. The van der Waals surface area contributed by atoms with Gasteiger partial charge in [0.05, 0.1) is 0 Å². The van der Waals surface area contributed by atoms with Crippen molar-refractivity contribution in [3.63, 3.8) is 0 Å².